The third kappa shape index (κ3) is 4.89. The number of aryl methyl sites for hydroxylation is 1. The largest absolute Gasteiger partial charge is 0.493 e. The van der Waals surface area contributed by atoms with E-state index in [0.29, 0.717) is 17.2 Å². The molecule has 138 valence electrons. The van der Waals surface area contributed by atoms with E-state index in [9.17, 15) is 9.59 Å². The summed E-state index contributed by atoms with van der Waals surface area (Å²) in [5, 5.41) is 2.87. The Bertz CT molecular complexity index is 789. The van der Waals surface area contributed by atoms with Gasteiger partial charge in [-0.3, -0.25) is 4.79 Å². The number of halogens is 1. The Balaban J connectivity index is 1.97. The minimum atomic E-state index is -0.690. The number of benzene rings is 2. The molecule has 1 amide bonds. The van der Waals surface area contributed by atoms with Gasteiger partial charge in [0.15, 0.2) is 18.1 Å². The highest BCUT2D eigenvalue weighted by Crippen LogP contribution is 2.36. The topological polar surface area (TPSA) is 73.9 Å². The Morgan fingerprint density at radius 3 is 2.35 bits per heavy atom. The Morgan fingerprint density at radius 2 is 1.77 bits per heavy atom. The molecule has 0 aliphatic rings. The lowest BCUT2D eigenvalue weighted by Gasteiger charge is -2.11. The highest BCUT2D eigenvalue weighted by atomic mass is 35.5. The van der Waals surface area contributed by atoms with Gasteiger partial charge < -0.3 is 19.5 Å². The molecule has 2 rings (SSSR count). The van der Waals surface area contributed by atoms with E-state index >= 15 is 0 Å². The van der Waals surface area contributed by atoms with E-state index in [1.807, 2.05) is 19.1 Å². The van der Waals surface area contributed by atoms with Crippen LogP contribution in [0.15, 0.2) is 36.4 Å². The van der Waals surface area contributed by atoms with Gasteiger partial charge in [0, 0.05) is 5.69 Å². The number of amides is 1. The summed E-state index contributed by atoms with van der Waals surface area (Å²) in [5.41, 5.74) is 1.96. The zero-order chi connectivity index (χ0) is 19.1. The molecule has 2 aromatic rings. The number of nitrogens with one attached hydrogen (secondary N) is 1. The molecule has 0 saturated heterocycles. The van der Waals surface area contributed by atoms with Crippen molar-refractivity contribution in [2.24, 2.45) is 0 Å². The third-order valence-corrected chi connectivity index (χ3v) is 3.93. The molecule has 6 nitrogen and oxygen atoms in total. The Hall–Kier alpha value is -2.73. The van der Waals surface area contributed by atoms with Crippen LogP contribution in [0.4, 0.5) is 5.69 Å². The van der Waals surface area contributed by atoms with Gasteiger partial charge in [0.05, 0.1) is 24.8 Å². The van der Waals surface area contributed by atoms with Crippen LogP contribution < -0.4 is 14.8 Å². The van der Waals surface area contributed by atoms with Crippen LogP contribution in [0, 0.1) is 0 Å². The molecule has 0 spiro atoms. The van der Waals surface area contributed by atoms with Crippen LogP contribution in [-0.2, 0) is 16.0 Å². The summed E-state index contributed by atoms with van der Waals surface area (Å²) < 4.78 is 15.3. The molecule has 0 bridgehead atoms. The second kappa shape index (κ2) is 9.10. The van der Waals surface area contributed by atoms with Crippen molar-refractivity contribution in [1.29, 1.82) is 0 Å². The maximum Gasteiger partial charge on any atom is 0.338 e. The number of methoxy groups -OCH3 is 2. The molecule has 0 aliphatic carbocycles. The fourth-order valence-electron chi connectivity index (χ4n) is 2.27. The lowest BCUT2D eigenvalue weighted by atomic mass is 10.1. The number of hydrogen-bond acceptors (Lipinski definition) is 5. The first-order valence-electron chi connectivity index (χ1n) is 7.96. The molecule has 0 fully saturated rings. The Kier molecular flexibility index (Phi) is 6.86. The lowest BCUT2D eigenvalue weighted by molar-refractivity contribution is -0.119. The fourth-order valence-corrected chi connectivity index (χ4v) is 2.56. The van der Waals surface area contributed by atoms with Gasteiger partial charge in [-0.15, -0.1) is 0 Å². The van der Waals surface area contributed by atoms with Gasteiger partial charge in [0.2, 0.25) is 0 Å². The van der Waals surface area contributed by atoms with E-state index in [1.165, 1.54) is 31.9 Å². The highest BCUT2D eigenvalue weighted by molar-refractivity contribution is 6.32. The smallest absolute Gasteiger partial charge is 0.338 e. The number of carbonyl (C=O) groups is 2. The van der Waals surface area contributed by atoms with Crippen molar-refractivity contribution in [3.8, 4) is 11.5 Å². The Morgan fingerprint density at radius 1 is 1.08 bits per heavy atom. The minimum absolute atomic E-state index is 0.160. The molecule has 1 N–H and O–H groups in total. The second-order valence-corrected chi connectivity index (χ2v) is 5.78. The molecule has 0 aromatic heterocycles. The van der Waals surface area contributed by atoms with Crippen molar-refractivity contribution in [2.45, 2.75) is 13.3 Å². The second-order valence-electron chi connectivity index (χ2n) is 5.37. The third-order valence-electron chi connectivity index (χ3n) is 3.65. The number of carbonyl (C=O) groups excluding carboxylic acids is 2. The fraction of sp³-hybridized carbons (Fsp3) is 0.263. The van der Waals surface area contributed by atoms with E-state index in [2.05, 4.69) is 5.32 Å². The number of anilines is 1. The molecular weight excluding hydrogens is 358 g/mol. The zero-order valence-electron chi connectivity index (χ0n) is 14.8. The maximum absolute atomic E-state index is 12.1. The molecule has 0 unspecified atom stereocenters. The van der Waals surface area contributed by atoms with Crippen molar-refractivity contribution >= 4 is 29.2 Å². The summed E-state index contributed by atoms with van der Waals surface area (Å²) in [6.07, 6.45) is 0.916. The number of ether oxygens (including phenoxy) is 3. The van der Waals surface area contributed by atoms with E-state index in [4.69, 9.17) is 25.8 Å². The summed E-state index contributed by atoms with van der Waals surface area (Å²) in [7, 11) is 2.87. The lowest BCUT2D eigenvalue weighted by Crippen LogP contribution is -2.21. The predicted molar refractivity (Wildman–Crippen MR) is 99.3 cm³/mol. The summed E-state index contributed by atoms with van der Waals surface area (Å²) >= 11 is 6.06. The van der Waals surface area contributed by atoms with Crippen molar-refractivity contribution < 1.29 is 23.8 Å². The average Bonchev–Trinajstić information content (AvgIpc) is 2.65. The van der Waals surface area contributed by atoms with Crippen molar-refractivity contribution in [2.75, 3.05) is 26.1 Å². The Labute approximate surface area is 157 Å². The molecule has 26 heavy (non-hydrogen) atoms. The summed E-state index contributed by atoms with van der Waals surface area (Å²) in [5.74, 6) is -0.509. The van der Waals surface area contributed by atoms with E-state index < -0.39 is 18.5 Å². The van der Waals surface area contributed by atoms with Gasteiger partial charge in [-0.25, -0.2) is 4.79 Å². The monoisotopic (exact) mass is 377 g/mol. The van der Waals surface area contributed by atoms with Crippen molar-refractivity contribution in [3.63, 3.8) is 0 Å². The van der Waals surface area contributed by atoms with Gasteiger partial charge in [0.1, 0.15) is 0 Å². The number of esters is 1. The van der Waals surface area contributed by atoms with Crippen LogP contribution in [0.1, 0.15) is 22.8 Å². The van der Waals surface area contributed by atoms with Gasteiger partial charge >= 0.3 is 5.97 Å². The molecule has 7 heteroatoms. The molecule has 0 heterocycles. The predicted octanol–water partition coefficient (Wildman–Crippen LogP) is 3.72. The van der Waals surface area contributed by atoms with Crippen LogP contribution in [0.2, 0.25) is 5.02 Å². The number of rotatable bonds is 7. The summed E-state index contributed by atoms with van der Waals surface area (Å²) in [6.45, 7) is 1.63. The van der Waals surface area contributed by atoms with E-state index in [0.717, 1.165) is 6.42 Å². The van der Waals surface area contributed by atoms with E-state index in [1.54, 1.807) is 12.1 Å². The van der Waals surface area contributed by atoms with Gasteiger partial charge in [0.25, 0.3) is 5.91 Å². The average molecular weight is 378 g/mol. The van der Waals surface area contributed by atoms with Crippen molar-refractivity contribution in [3.05, 3.63) is 52.5 Å². The van der Waals surface area contributed by atoms with Crippen LogP contribution in [0.5, 0.6) is 11.5 Å². The minimum Gasteiger partial charge on any atom is -0.493 e. The standard InChI is InChI=1S/C19H20ClNO5/c1-4-12-5-7-14(8-6-12)21-17(22)11-26-19(23)13-9-15(20)18(25-3)16(10-13)24-2/h5-10H,4,11H2,1-3H3,(H,21,22). The van der Waals surface area contributed by atoms with Crippen molar-refractivity contribution in [1.82, 2.24) is 0 Å². The van der Waals surface area contributed by atoms with Crippen LogP contribution in [0.3, 0.4) is 0 Å². The summed E-state index contributed by atoms with van der Waals surface area (Å²) in [4.78, 5) is 24.1. The normalized spacial score (nSPS) is 10.2. The highest BCUT2D eigenvalue weighted by Gasteiger charge is 2.17. The van der Waals surface area contributed by atoms with Crippen LogP contribution in [0.25, 0.3) is 0 Å². The first-order chi connectivity index (χ1) is 12.5. The van der Waals surface area contributed by atoms with Crippen LogP contribution in [-0.4, -0.2) is 32.7 Å². The van der Waals surface area contributed by atoms with Gasteiger partial charge in [-0.2, -0.15) is 0 Å². The quantitative estimate of drug-likeness (QED) is 0.744. The maximum atomic E-state index is 12.1. The van der Waals surface area contributed by atoms with Gasteiger partial charge in [-0.1, -0.05) is 30.7 Å². The molecular formula is C19H20ClNO5. The number of hydrogen-bond donors (Lipinski definition) is 1. The molecule has 0 aliphatic heterocycles. The van der Waals surface area contributed by atoms with Crippen LogP contribution >= 0.6 is 11.6 Å². The zero-order valence-corrected chi connectivity index (χ0v) is 15.6. The first kappa shape index (κ1) is 19.6. The SMILES string of the molecule is CCc1ccc(NC(=O)COC(=O)c2cc(Cl)c(OC)c(OC)c2)cc1. The first-order valence-corrected chi connectivity index (χ1v) is 8.33. The molecule has 0 radical (unpaired) electrons. The summed E-state index contributed by atoms with van der Waals surface area (Å²) in [6, 6.07) is 10.3. The molecule has 2 aromatic carbocycles. The van der Waals surface area contributed by atoms with Gasteiger partial charge in [-0.05, 0) is 36.2 Å². The van der Waals surface area contributed by atoms with E-state index in [-0.39, 0.29) is 10.6 Å². The molecule has 0 saturated carbocycles. The molecule has 0 atom stereocenters.